The molecule has 0 saturated carbocycles. The second-order valence-electron chi connectivity index (χ2n) is 5.01. The second kappa shape index (κ2) is 7.85. The van der Waals surface area contributed by atoms with Gasteiger partial charge in [0.2, 0.25) is 5.91 Å². The zero-order valence-electron chi connectivity index (χ0n) is 12.5. The number of carbonyl (C=O) groups is 2. The number of rotatable bonds is 6. The zero-order chi connectivity index (χ0) is 16.8. The molecule has 0 bridgehead atoms. The minimum atomic E-state index is -0.933. The van der Waals surface area contributed by atoms with E-state index in [0.29, 0.717) is 10.4 Å². The molecule has 0 spiro atoms. The van der Waals surface area contributed by atoms with E-state index < -0.39 is 11.9 Å². The average molecular weight is 336 g/mol. The largest absolute Gasteiger partial charge is 0.387 e. The molecule has 1 aromatic heterocycles. The van der Waals surface area contributed by atoms with E-state index in [0.717, 1.165) is 0 Å². The Kier molecular flexibility index (Phi) is 5.84. The van der Waals surface area contributed by atoms with Crippen LogP contribution in [0.5, 0.6) is 0 Å². The molecular weight excluding hydrogens is 319 g/mol. The third-order valence-corrected chi connectivity index (χ3v) is 4.06. The van der Waals surface area contributed by atoms with Gasteiger partial charge in [0, 0.05) is 13.6 Å². The Morgan fingerprint density at radius 2 is 2.00 bits per heavy atom. The number of halogens is 1. The molecule has 23 heavy (non-hydrogen) atoms. The number of thiophene rings is 1. The number of aliphatic hydroxyl groups excluding tert-OH is 1. The van der Waals surface area contributed by atoms with Crippen molar-refractivity contribution in [2.45, 2.75) is 6.10 Å². The highest BCUT2D eigenvalue weighted by molar-refractivity contribution is 7.12. The number of amides is 2. The van der Waals surface area contributed by atoms with E-state index in [1.165, 1.54) is 47.5 Å². The molecule has 1 atom stereocenters. The van der Waals surface area contributed by atoms with Crippen molar-refractivity contribution in [2.24, 2.45) is 0 Å². The molecule has 2 rings (SSSR count). The first kappa shape index (κ1) is 17.1. The summed E-state index contributed by atoms with van der Waals surface area (Å²) in [6.45, 7) is -0.113. The lowest BCUT2D eigenvalue weighted by Gasteiger charge is -2.17. The highest BCUT2D eigenvalue weighted by atomic mass is 32.1. The maximum atomic E-state index is 12.8. The van der Waals surface area contributed by atoms with Crippen LogP contribution in [-0.4, -0.2) is 42.0 Å². The third kappa shape index (κ3) is 4.87. The fourth-order valence-electron chi connectivity index (χ4n) is 1.94. The van der Waals surface area contributed by atoms with Crippen LogP contribution in [0.15, 0.2) is 41.8 Å². The predicted molar refractivity (Wildman–Crippen MR) is 85.6 cm³/mol. The second-order valence-corrected chi connectivity index (χ2v) is 5.96. The maximum absolute atomic E-state index is 12.8. The Morgan fingerprint density at radius 1 is 1.30 bits per heavy atom. The van der Waals surface area contributed by atoms with Gasteiger partial charge in [-0.2, -0.15) is 0 Å². The SMILES string of the molecule is CN(CC(=O)NCC(O)c1ccc(F)cc1)C(=O)c1cccs1. The van der Waals surface area contributed by atoms with Gasteiger partial charge in [-0.15, -0.1) is 11.3 Å². The van der Waals surface area contributed by atoms with E-state index in [9.17, 15) is 19.1 Å². The first-order chi connectivity index (χ1) is 11.0. The number of carbonyl (C=O) groups excluding carboxylic acids is 2. The van der Waals surface area contributed by atoms with Crippen molar-refractivity contribution in [2.75, 3.05) is 20.1 Å². The van der Waals surface area contributed by atoms with Gasteiger partial charge in [-0.25, -0.2) is 4.39 Å². The first-order valence-electron chi connectivity index (χ1n) is 6.96. The van der Waals surface area contributed by atoms with Gasteiger partial charge in [0.05, 0.1) is 17.5 Å². The Labute approximate surface area is 137 Å². The number of nitrogens with zero attached hydrogens (tertiary/aromatic N) is 1. The summed E-state index contributed by atoms with van der Waals surface area (Å²) in [6, 6.07) is 8.86. The van der Waals surface area contributed by atoms with Crippen LogP contribution in [0.2, 0.25) is 0 Å². The van der Waals surface area contributed by atoms with Crippen LogP contribution in [0.25, 0.3) is 0 Å². The molecule has 0 saturated heterocycles. The molecule has 1 heterocycles. The summed E-state index contributed by atoms with van der Waals surface area (Å²) in [6.07, 6.45) is -0.933. The van der Waals surface area contributed by atoms with Crippen LogP contribution in [0.1, 0.15) is 21.3 Å². The summed E-state index contributed by atoms with van der Waals surface area (Å²) in [5, 5.41) is 14.3. The smallest absolute Gasteiger partial charge is 0.264 e. The number of benzene rings is 1. The Balaban J connectivity index is 1.80. The molecule has 122 valence electrons. The lowest BCUT2D eigenvalue weighted by atomic mass is 10.1. The van der Waals surface area contributed by atoms with Gasteiger partial charge < -0.3 is 15.3 Å². The van der Waals surface area contributed by atoms with Crippen LogP contribution in [0, 0.1) is 5.82 Å². The van der Waals surface area contributed by atoms with Gasteiger partial charge >= 0.3 is 0 Å². The molecule has 0 radical (unpaired) electrons. The van der Waals surface area contributed by atoms with E-state index in [-0.39, 0.29) is 24.9 Å². The minimum Gasteiger partial charge on any atom is -0.387 e. The molecule has 5 nitrogen and oxygen atoms in total. The van der Waals surface area contributed by atoms with E-state index in [2.05, 4.69) is 5.32 Å². The summed E-state index contributed by atoms with van der Waals surface area (Å²) in [7, 11) is 1.54. The van der Waals surface area contributed by atoms with Crippen LogP contribution < -0.4 is 5.32 Å². The molecule has 0 aliphatic carbocycles. The Morgan fingerprint density at radius 3 is 2.61 bits per heavy atom. The number of hydrogen-bond acceptors (Lipinski definition) is 4. The lowest BCUT2D eigenvalue weighted by molar-refractivity contribution is -0.122. The van der Waals surface area contributed by atoms with Crippen molar-refractivity contribution in [3.05, 3.63) is 58.0 Å². The number of likely N-dealkylation sites (N-methyl/N-ethyl adjacent to an activating group) is 1. The van der Waals surface area contributed by atoms with Crippen molar-refractivity contribution in [1.82, 2.24) is 10.2 Å². The van der Waals surface area contributed by atoms with Crippen LogP contribution in [0.3, 0.4) is 0 Å². The van der Waals surface area contributed by atoms with E-state index >= 15 is 0 Å². The summed E-state index contributed by atoms with van der Waals surface area (Å²) in [5.41, 5.74) is 0.509. The molecule has 0 aliphatic heterocycles. The molecule has 2 N–H and O–H groups in total. The summed E-state index contributed by atoms with van der Waals surface area (Å²) >= 11 is 1.31. The van der Waals surface area contributed by atoms with Crippen molar-refractivity contribution >= 4 is 23.2 Å². The first-order valence-corrected chi connectivity index (χ1v) is 7.84. The van der Waals surface area contributed by atoms with E-state index in [1.807, 2.05) is 0 Å². The molecule has 7 heteroatoms. The van der Waals surface area contributed by atoms with Gasteiger partial charge in [0.1, 0.15) is 5.82 Å². The fourth-order valence-corrected chi connectivity index (χ4v) is 2.66. The average Bonchev–Trinajstić information content (AvgIpc) is 3.06. The van der Waals surface area contributed by atoms with Crippen molar-refractivity contribution < 1.29 is 19.1 Å². The van der Waals surface area contributed by atoms with Gasteiger partial charge in [-0.3, -0.25) is 9.59 Å². The van der Waals surface area contributed by atoms with E-state index in [4.69, 9.17) is 0 Å². The topological polar surface area (TPSA) is 69.6 Å². The molecule has 2 aromatic rings. The highest BCUT2D eigenvalue weighted by Gasteiger charge is 2.16. The van der Waals surface area contributed by atoms with Crippen LogP contribution in [-0.2, 0) is 4.79 Å². The van der Waals surface area contributed by atoms with Crippen molar-refractivity contribution in [3.63, 3.8) is 0 Å². The predicted octanol–water partition coefficient (Wildman–Crippen LogP) is 1.81. The number of hydrogen-bond donors (Lipinski definition) is 2. The highest BCUT2D eigenvalue weighted by Crippen LogP contribution is 2.13. The lowest BCUT2D eigenvalue weighted by Crippen LogP contribution is -2.39. The molecule has 0 aliphatic rings. The monoisotopic (exact) mass is 336 g/mol. The van der Waals surface area contributed by atoms with Gasteiger partial charge in [0.15, 0.2) is 0 Å². The number of nitrogens with one attached hydrogen (secondary N) is 1. The number of aliphatic hydroxyl groups is 1. The van der Waals surface area contributed by atoms with Gasteiger partial charge in [0.25, 0.3) is 5.91 Å². The Hall–Kier alpha value is -2.25. The third-order valence-electron chi connectivity index (χ3n) is 3.21. The van der Waals surface area contributed by atoms with Crippen LogP contribution in [0.4, 0.5) is 4.39 Å². The minimum absolute atomic E-state index is 0.00843. The summed E-state index contributed by atoms with van der Waals surface area (Å²) < 4.78 is 12.8. The fraction of sp³-hybridized carbons (Fsp3) is 0.250. The molecular formula is C16H17FN2O3S. The molecule has 1 aromatic carbocycles. The molecule has 0 fully saturated rings. The molecule has 1 unspecified atom stereocenters. The summed E-state index contributed by atoms with van der Waals surface area (Å²) in [4.78, 5) is 25.7. The van der Waals surface area contributed by atoms with Gasteiger partial charge in [-0.05, 0) is 29.1 Å². The van der Waals surface area contributed by atoms with Crippen LogP contribution >= 0.6 is 11.3 Å². The van der Waals surface area contributed by atoms with Gasteiger partial charge in [-0.1, -0.05) is 18.2 Å². The maximum Gasteiger partial charge on any atom is 0.264 e. The Bertz CT molecular complexity index is 658. The standard InChI is InChI=1S/C16H17FN2O3S/c1-19(16(22)14-3-2-8-23-14)10-15(21)18-9-13(20)11-4-6-12(17)7-5-11/h2-8,13,20H,9-10H2,1H3,(H,18,21). The van der Waals surface area contributed by atoms with Crippen molar-refractivity contribution in [3.8, 4) is 0 Å². The summed E-state index contributed by atoms with van der Waals surface area (Å²) in [5.74, 6) is -0.994. The van der Waals surface area contributed by atoms with Crippen molar-refractivity contribution in [1.29, 1.82) is 0 Å². The zero-order valence-corrected chi connectivity index (χ0v) is 13.3. The normalized spacial score (nSPS) is 11.8. The van der Waals surface area contributed by atoms with E-state index in [1.54, 1.807) is 17.5 Å². The molecule has 2 amide bonds. The quantitative estimate of drug-likeness (QED) is 0.845.